The summed E-state index contributed by atoms with van der Waals surface area (Å²) in [5, 5.41) is 11.8. The topological polar surface area (TPSA) is 75.6 Å². The molecule has 1 rings (SSSR count). The molecule has 0 heterocycles. The average molecular weight is 257 g/mol. The largest absolute Gasteiger partial charge is 0.480 e. The number of carboxylic acids is 1. The lowest BCUT2D eigenvalue weighted by Gasteiger charge is -2.35. The number of rotatable bonds is 4. The van der Waals surface area contributed by atoms with Gasteiger partial charge < -0.3 is 15.2 Å². The number of aliphatic carboxylic acids is 1. The van der Waals surface area contributed by atoms with E-state index < -0.39 is 23.2 Å². The van der Waals surface area contributed by atoms with Crippen LogP contribution >= 0.6 is 0 Å². The first-order chi connectivity index (χ1) is 8.12. The zero-order valence-electron chi connectivity index (χ0n) is 11.6. The van der Waals surface area contributed by atoms with Crippen LogP contribution in [-0.2, 0) is 9.53 Å². The number of hydrogen-bond acceptors (Lipinski definition) is 3. The quantitative estimate of drug-likeness (QED) is 0.811. The molecule has 0 saturated heterocycles. The zero-order valence-corrected chi connectivity index (χ0v) is 11.6. The molecule has 104 valence electrons. The number of alkyl carbamates (subject to hydrolysis) is 1. The molecule has 1 fully saturated rings. The minimum Gasteiger partial charge on any atom is -0.480 e. The highest BCUT2D eigenvalue weighted by Crippen LogP contribution is 2.33. The highest BCUT2D eigenvalue weighted by atomic mass is 16.6. The molecule has 0 bridgehead atoms. The van der Waals surface area contributed by atoms with Crippen molar-refractivity contribution in [3.8, 4) is 0 Å². The SMILES string of the molecule is CC(C)(C)OC(=O)NC(C)(CC1CCC1)C(=O)O. The fourth-order valence-corrected chi connectivity index (χ4v) is 1.99. The van der Waals surface area contributed by atoms with E-state index in [9.17, 15) is 14.7 Å². The predicted molar refractivity (Wildman–Crippen MR) is 67.4 cm³/mol. The molecule has 1 saturated carbocycles. The van der Waals surface area contributed by atoms with Crippen molar-refractivity contribution < 1.29 is 19.4 Å². The van der Waals surface area contributed by atoms with Gasteiger partial charge in [-0.2, -0.15) is 0 Å². The standard InChI is InChI=1S/C13H23NO4/c1-12(2,3)18-11(17)14-13(4,10(15)16)8-9-6-5-7-9/h9H,5-8H2,1-4H3,(H,14,17)(H,15,16). The van der Waals surface area contributed by atoms with E-state index >= 15 is 0 Å². The second kappa shape index (κ2) is 5.16. The highest BCUT2D eigenvalue weighted by molar-refractivity contribution is 5.84. The van der Waals surface area contributed by atoms with Crippen LogP contribution in [-0.4, -0.2) is 28.3 Å². The molecule has 1 unspecified atom stereocenters. The van der Waals surface area contributed by atoms with E-state index in [2.05, 4.69) is 5.32 Å². The molecule has 0 radical (unpaired) electrons. The molecule has 0 spiro atoms. The maximum atomic E-state index is 11.7. The van der Waals surface area contributed by atoms with Crippen LogP contribution < -0.4 is 5.32 Å². The fraction of sp³-hybridized carbons (Fsp3) is 0.846. The number of carbonyl (C=O) groups excluding carboxylic acids is 1. The van der Waals surface area contributed by atoms with Crippen LogP contribution in [0.25, 0.3) is 0 Å². The van der Waals surface area contributed by atoms with Gasteiger partial charge in [-0.25, -0.2) is 9.59 Å². The first-order valence-electron chi connectivity index (χ1n) is 6.37. The number of hydrogen-bond donors (Lipinski definition) is 2. The van der Waals surface area contributed by atoms with Crippen LogP contribution in [0.2, 0.25) is 0 Å². The summed E-state index contributed by atoms with van der Waals surface area (Å²) in [5.74, 6) is -0.624. The average Bonchev–Trinajstić information content (AvgIpc) is 2.07. The Balaban J connectivity index is 2.61. The lowest BCUT2D eigenvalue weighted by Crippen LogP contribution is -2.54. The van der Waals surface area contributed by atoms with Gasteiger partial charge in [0.1, 0.15) is 11.1 Å². The Labute approximate surface area is 108 Å². The summed E-state index contributed by atoms with van der Waals surface area (Å²) in [6.07, 6.45) is 3.01. The van der Waals surface area contributed by atoms with Crippen molar-refractivity contribution in [3.63, 3.8) is 0 Å². The van der Waals surface area contributed by atoms with Gasteiger partial charge in [-0.05, 0) is 40.0 Å². The molecule has 18 heavy (non-hydrogen) atoms. The molecule has 0 aliphatic heterocycles. The lowest BCUT2D eigenvalue weighted by molar-refractivity contribution is -0.145. The molecule has 2 N–H and O–H groups in total. The van der Waals surface area contributed by atoms with Crippen molar-refractivity contribution in [3.05, 3.63) is 0 Å². The third kappa shape index (κ3) is 4.20. The smallest absolute Gasteiger partial charge is 0.408 e. The van der Waals surface area contributed by atoms with E-state index in [0.29, 0.717) is 12.3 Å². The van der Waals surface area contributed by atoms with E-state index in [1.54, 1.807) is 20.8 Å². The Hall–Kier alpha value is -1.26. The minimum atomic E-state index is -1.24. The van der Waals surface area contributed by atoms with Crippen molar-refractivity contribution in [1.29, 1.82) is 0 Å². The second-order valence-corrected chi connectivity index (χ2v) is 6.27. The molecule has 1 atom stereocenters. The number of amides is 1. The summed E-state index contributed by atoms with van der Waals surface area (Å²) >= 11 is 0. The molecule has 1 amide bonds. The van der Waals surface area contributed by atoms with Crippen molar-refractivity contribution in [1.82, 2.24) is 5.32 Å². The lowest BCUT2D eigenvalue weighted by atomic mass is 9.76. The molecule has 1 aliphatic rings. The first kappa shape index (κ1) is 14.8. The summed E-state index contributed by atoms with van der Waals surface area (Å²) in [6.45, 7) is 6.78. The number of ether oxygens (including phenoxy) is 1. The van der Waals surface area contributed by atoms with Gasteiger partial charge in [-0.3, -0.25) is 0 Å². The fourth-order valence-electron chi connectivity index (χ4n) is 1.99. The molecular weight excluding hydrogens is 234 g/mol. The van der Waals surface area contributed by atoms with E-state index in [1.807, 2.05) is 0 Å². The Morgan fingerprint density at radius 2 is 1.83 bits per heavy atom. The Morgan fingerprint density at radius 3 is 2.17 bits per heavy atom. The summed E-state index contributed by atoms with van der Waals surface area (Å²) in [6, 6.07) is 0. The first-order valence-corrected chi connectivity index (χ1v) is 6.37. The normalized spacial score (nSPS) is 19.6. The van der Waals surface area contributed by atoms with E-state index in [4.69, 9.17) is 4.74 Å². The molecule has 0 aromatic rings. The van der Waals surface area contributed by atoms with Gasteiger partial charge in [0.2, 0.25) is 0 Å². The number of carbonyl (C=O) groups is 2. The minimum absolute atomic E-state index is 0.390. The summed E-state index contributed by atoms with van der Waals surface area (Å²) in [4.78, 5) is 23.0. The van der Waals surface area contributed by atoms with Crippen molar-refractivity contribution in [2.45, 2.75) is 64.5 Å². The van der Waals surface area contributed by atoms with Crippen LogP contribution in [0, 0.1) is 5.92 Å². The summed E-state index contributed by atoms with van der Waals surface area (Å²) in [7, 11) is 0. The van der Waals surface area contributed by atoms with Crippen LogP contribution in [0.1, 0.15) is 53.4 Å². The van der Waals surface area contributed by atoms with Gasteiger partial charge in [0.05, 0.1) is 0 Å². The highest BCUT2D eigenvalue weighted by Gasteiger charge is 2.39. The summed E-state index contributed by atoms with van der Waals surface area (Å²) < 4.78 is 5.10. The van der Waals surface area contributed by atoms with Crippen LogP contribution in [0.3, 0.4) is 0 Å². The van der Waals surface area contributed by atoms with Crippen molar-refractivity contribution >= 4 is 12.1 Å². The molecular formula is C13H23NO4. The molecule has 0 aromatic carbocycles. The summed E-state index contributed by atoms with van der Waals surface area (Å²) in [5.41, 5.74) is -1.87. The maximum Gasteiger partial charge on any atom is 0.408 e. The van der Waals surface area contributed by atoms with Crippen LogP contribution in [0.5, 0.6) is 0 Å². The van der Waals surface area contributed by atoms with Gasteiger partial charge in [0.15, 0.2) is 0 Å². The van der Waals surface area contributed by atoms with Gasteiger partial charge in [0, 0.05) is 0 Å². The van der Waals surface area contributed by atoms with Crippen LogP contribution in [0.4, 0.5) is 4.79 Å². The zero-order chi connectivity index (χ0) is 14.0. The maximum absolute atomic E-state index is 11.7. The van der Waals surface area contributed by atoms with Crippen LogP contribution in [0.15, 0.2) is 0 Å². The predicted octanol–water partition coefficient (Wildman–Crippen LogP) is 2.54. The van der Waals surface area contributed by atoms with E-state index in [0.717, 1.165) is 19.3 Å². The van der Waals surface area contributed by atoms with Crippen molar-refractivity contribution in [2.75, 3.05) is 0 Å². The monoisotopic (exact) mass is 257 g/mol. The Kier molecular flexibility index (Phi) is 4.24. The van der Waals surface area contributed by atoms with Gasteiger partial charge in [-0.15, -0.1) is 0 Å². The molecule has 1 aliphatic carbocycles. The van der Waals surface area contributed by atoms with Gasteiger partial charge >= 0.3 is 12.1 Å². The Morgan fingerprint density at radius 1 is 1.28 bits per heavy atom. The molecule has 0 aromatic heterocycles. The van der Waals surface area contributed by atoms with E-state index in [1.165, 1.54) is 6.92 Å². The van der Waals surface area contributed by atoms with Gasteiger partial charge in [0.25, 0.3) is 0 Å². The number of nitrogens with one attached hydrogen (secondary N) is 1. The van der Waals surface area contributed by atoms with Crippen molar-refractivity contribution in [2.24, 2.45) is 5.92 Å². The Bertz CT molecular complexity index is 330. The number of carboxylic acid groups (broad SMARTS) is 1. The second-order valence-electron chi connectivity index (χ2n) is 6.27. The van der Waals surface area contributed by atoms with E-state index in [-0.39, 0.29) is 0 Å². The third-order valence-corrected chi connectivity index (χ3v) is 3.17. The van der Waals surface area contributed by atoms with Gasteiger partial charge in [-0.1, -0.05) is 19.3 Å². The molecule has 5 heteroatoms. The third-order valence-electron chi connectivity index (χ3n) is 3.17. The molecule has 5 nitrogen and oxygen atoms in total.